The van der Waals surface area contributed by atoms with Gasteiger partial charge < -0.3 is 5.32 Å². The van der Waals surface area contributed by atoms with Gasteiger partial charge in [-0.25, -0.2) is 4.68 Å². The molecule has 2 aromatic carbocycles. The highest BCUT2D eigenvalue weighted by molar-refractivity contribution is 5.91. The summed E-state index contributed by atoms with van der Waals surface area (Å²) in [5, 5.41) is 7.21. The Hall–Kier alpha value is -3.14. The van der Waals surface area contributed by atoms with Crippen LogP contribution in [0.1, 0.15) is 22.3 Å². The molecule has 1 N–H and O–H groups in total. The molecule has 1 heterocycles. The van der Waals surface area contributed by atoms with Crippen molar-refractivity contribution in [2.24, 2.45) is 0 Å². The number of hydrogen-bond acceptors (Lipinski definition) is 2. The fraction of sp³-hybridized carbons (Fsp3) is 0.143. The zero-order valence-corrected chi connectivity index (χ0v) is 14.4. The lowest BCUT2D eigenvalue weighted by molar-refractivity contribution is -0.116. The standard InChI is InChI=1S/C21H21N3O/c1-16-8-9-19(17(2)12-16)10-11-21(25)22-13-18-14-23-24(15-18)20-6-4-3-5-7-20/h3-12,14-15H,13H2,1-2H3,(H,22,25)/b11-10+. The Balaban J connectivity index is 1.57. The Bertz CT molecular complexity index is 895. The number of carbonyl (C=O) groups is 1. The van der Waals surface area contributed by atoms with Crippen molar-refractivity contribution in [3.05, 3.63) is 89.3 Å². The Morgan fingerprint density at radius 1 is 1.16 bits per heavy atom. The van der Waals surface area contributed by atoms with Gasteiger partial charge in [-0.05, 0) is 43.2 Å². The Labute approximate surface area is 147 Å². The van der Waals surface area contributed by atoms with Crippen molar-refractivity contribution in [2.75, 3.05) is 0 Å². The second kappa shape index (κ2) is 7.62. The third-order valence-electron chi connectivity index (χ3n) is 3.96. The molecule has 0 spiro atoms. The zero-order chi connectivity index (χ0) is 17.6. The Morgan fingerprint density at radius 3 is 2.72 bits per heavy atom. The van der Waals surface area contributed by atoms with Gasteiger partial charge in [-0.1, -0.05) is 42.0 Å². The average molecular weight is 331 g/mol. The fourth-order valence-corrected chi connectivity index (χ4v) is 2.60. The van der Waals surface area contributed by atoms with E-state index in [9.17, 15) is 4.79 Å². The molecule has 0 aliphatic rings. The molecule has 0 saturated heterocycles. The van der Waals surface area contributed by atoms with Crippen LogP contribution in [0, 0.1) is 13.8 Å². The van der Waals surface area contributed by atoms with Gasteiger partial charge in [0.15, 0.2) is 0 Å². The number of aryl methyl sites for hydroxylation is 2. The SMILES string of the molecule is Cc1ccc(/C=C/C(=O)NCc2cnn(-c3ccccc3)c2)c(C)c1. The first-order valence-electron chi connectivity index (χ1n) is 8.24. The van der Waals surface area contributed by atoms with Gasteiger partial charge in [0.1, 0.15) is 0 Å². The van der Waals surface area contributed by atoms with Gasteiger partial charge in [0.05, 0.1) is 11.9 Å². The number of nitrogens with one attached hydrogen (secondary N) is 1. The summed E-state index contributed by atoms with van der Waals surface area (Å²) in [5.74, 6) is -0.118. The maximum Gasteiger partial charge on any atom is 0.244 e. The molecule has 0 aliphatic heterocycles. The molecule has 0 unspecified atom stereocenters. The van der Waals surface area contributed by atoms with Gasteiger partial charge >= 0.3 is 0 Å². The molecular formula is C21H21N3O. The van der Waals surface area contributed by atoms with Crippen molar-refractivity contribution < 1.29 is 4.79 Å². The fourth-order valence-electron chi connectivity index (χ4n) is 2.60. The number of carbonyl (C=O) groups excluding carboxylic acids is 1. The maximum atomic E-state index is 12.0. The molecule has 0 saturated carbocycles. The molecule has 1 aromatic heterocycles. The van der Waals surface area contributed by atoms with Crippen LogP contribution in [-0.2, 0) is 11.3 Å². The van der Waals surface area contributed by atoms with Crippen LogP contribution >= 0.6 is 0 Å². The summed E-state index contributed by atoms with van der Waals surface area (Å²) in [7, 11) is 0. The molecule has 0 atom stereocenters. The lowest BCUT2D eigenvalue weighted by atomic mass is 10.1. The van der Waals surface area contributed by atoms with Crippen molar-refractivity contribution in [1.82, 2.24) is 15.1 Å². The minimum absolute atomic E-state index is 0.118. The van der Waals surface area contributed by atoms with Gasteiger partial charge in [-0.2, -0.15) is 5.10 Å². The number of rotatable bonds is 5. The predicted octanol–water partition coefficient (Wildman–Crippen LogP) is 3.82. The number of amides is 1. The summed E-state index contributed by atoms with van der Waals surface area (Å²) in [4.78, 5) is 12.0. The third kappa shape index (κ3) is 4.44. The molecule has 4 heteroatoms. The van der Waals surface area contributed by atoms with Gasteiger partial charge in [-0.15, -0.1) is 0 Å². The summed E-state index contributed by atoms with van der Waals surface area (Å²) in [6, 6.07) is 16.1. The number of nitrogens with zero attached hydrogens (tertiary/aromatic N) is 2. The number of hydrogen-bond donors (Lipinski definition) is 1. The topological polar surface area (TPSA) is 46.9 Å². The normalized spacial score (nSPS) is 11.0. The molecule has 126 valence electrons. The molecule has 3 aromatic rings. The Kier molecular flexibility index (Phi) is 5.09. The number of benzene rings is 2. The third-order valence-corrected chi connectivity index (χ3v) is 3.96. The summed E-state index contributed by atoms with van der Waals surface area (Å²) >= 11 is 0. The van der Waals surface area contributed by atoms with Gasteiger partial charge in [0.25, 0.3) is 0 Å². The molecule has 0 radical (unpaired) electrons. The monoisotopic (exact) mass is 331 g/mol. The van der Waals surface area contributed by atoms with Crippen LogP contribution in [0.15, 0.2) is 67.0 Å². The molecular weight excluding hydrogens is 310 g/mol. The van der Waals surface area contributed by atoms with Crippen LogP contribution in [0.2, 0.25) is 0 Å². The van der Waals surface area contributed by atoms with Crippen molar-refractivity contribution in [3.8, 4) is 5.69 Å². The Morgan fingerprint density at radius 2 is 1.96 bits per heavy atom. The second-order valence-corrected chi connectivity index (χ2v) is 6.04. The van der Waals surface area contributed by atoms with E-state index in [1.165, 1.54) is 5.56 Å². The molecule has 1 amide bonds. The number of aromatic nitrogens is 2. The summed E-state index contributed by atoms with van der Waals surface area (Å²) < 4.78 is 1.80. The first-order valence-corrected chi connectivity index (χ1v) is 8.24. The van der Waals surface area contributed by atoms with Crippen molar-refractivity contribution in [1.29, 1.82) is 0 Å². The lowest BCUT2D eigenvalue weighted by Crippen LogP contribution is -2.19. The van der Waals surface area contributed by atoms with Gasteiger partial charge in [0.2, 0.25) is 5.91 Å². The van der Waals surface area contributed by atoms with Gasteiger partial charge in [-0.3, -0.25) is 4.79 Å². The highest BCUT2D eigenvalue weighted by Crippen LogP contribution is 2.12. The largest absolute Gasteiger partial charge is 0.348 e. The highest BCUT2D eigenvalue weighted by atomic mass is 16.1. The van der Waals surface area contributed by atoms with E-state index in [4.69, 9.17) is 0 Å². The smallest absolute Gasteiger partial charge is 0.244 e. The summed E-state index contributed by atoms with van der Waals surface area (Å²) in [6.07, 6.45) is 7.10. The summed E-state index contributed by atoms with van der Waals surface area (Å²) in [5.41, 5.74) is 5.38. The van der Waals surface area contributed by atoms with E-state index < -0.39 is 0 Å². The van der Waals surface area contributed by atoms with E-state index in [0.717, 1.165) is 22.4 Å². The van der Waals surface area contributed by atoms with Gasteiger partial charge in [0, 0.05) is 24.4 Å². The van der Waals surface area contributed by atoms with Crippen LogP contribution in [-0.4, -0.2) is 15.7 Å². The molecule has 25 heavy (non-hydrogen) atoms. The second-order valence-electron chi connectivity index (χ2n) is 6.04. The van der Waals surface area contributed by atoms with E-state index in [-0.39, 0.29) is 5.91 Å². The van der Waals surface area contributed by atoms with E-state index >= 15 is 0 Å². The van der Waals surface area contributed by atoms with Crippen LogP contribution in [0.25, 0.3) is 11.8 Å². The molecule has 3 rings (SSSR count). The van der Waals surface area contributed by atoms with Crippen LogP contribution < -0.4 is 5.32 Å². The van der Waals surface area contributed by atoms with Crippen LogP contribution in [0.4, 0.5) is 0 Å². The predicted molar refractivity (Wildman–Crippen MR) is 100 cm³/mol. The van der Waals surface area contributed by atoms with E-state index in [1.807, 2.05) is 61.7 Å². The molecule has 0 fully saturated rings. The number of para-hydroxylation sites is 1. The van der Waals surface area contributed by atoms with Crippen LogP contribution in [0.3, 0.4) is 0 Å². The molecule has 0 aliphatic carbocycles. The van der Waals surface area contributed by atoms with Crippen molar-refractivity contribution in [3.63, 3.8) is 0 Å². The maximum absolute atomic E-state index is 12.0. The quantitative estimate of drug-likeness (QED) is 0.723. The zero-order valence-electron chi connectivity index (χ0n) is 14.4. The molecule has 4 nitrogen and oxygen atoms in total. The van der Waals surface area contributed by atoms with Crippen molar-refractivity contribution >= 4 is 12.0 Å². The minimum Gasteiger partial charge on any atom is -0.348 e. The van der Waals surface area contributed by atoms with Crippen LogP contribution in [0.5, 0.6) is 0 Å². The van der Waals surface area contributed by atoms with E-state index in [1.54, 1.807) is 17.0 Å². The first-order chi connectivity index (χ1) is 12.1. The summed E-state index contributed by atoms with van der Waals surface area (Å²) in [6.45, 7) is 4.55. The first kappa shape index (κ1) is 16.7. The lowest BCUT2D eigenvalue weighted by Gasteiger charge is -2.02. The molecule has 0 bridgehead atoms. The van der Waals surface area contributed by atoms with E-state index in [2.05, 4.69) is 23.4 Å². The van der Waals surface area contributed by atoms with E-state index in [0.29, 0.717) is 6.54 Å². The minimum atomic E-state index is -0.118. The highest BCUT2D eigenvalue weighted by Gasteiger charge is 2.02. The van der Waals surface area contributed by atoms with Crippen molar-refractivity contribution in [2.45, 2.75) is 20.4 Å². The average Bonchev–Trinajstić information content (AvgIpc) is 3.09.